The fourth-order valence-corrected chi connectivity index (χ4v) is 4.39. The summed E-state index contributed by atoms with van der Waals surface area (Å²) in [5.74, 6) is 2.94. The van der Waals surface area contributed by atoms with Crippen molar-refractivity contribution in [3.05, 3.63) is 45.6 Å². The van der Waals surface area contributed by atoms with Crippen LogP contribution in [0.3, 0.4) is 0 Å². The first-order chi connectivity index (χ1) is 14.1. The molecule has 0 fully saturated rings. The molecule has 30 heavy (non-hydrogen) atoms. The molecule has 1 aliphatic heterocycles. The molecular formula is C22H33IN4O2S. The number of hydrogen-bond acceptors (Lipinski definition) is 5. The van der Waals surface area contributed by atoms with Crippen LogP contribution in [-0.2, 0) is 13.0 Å². The number of guanidine groups is 1. The van der Waals surface area contributed by atoms with Gasteiger partial charge in [0.2, 0.25) is 0 Å². The minimum atomic E-state index is 0. The summed E-state index contributed by atoms with van der Waals surface area (Å²) in [5.41, 5.74) is 2.67. The van der Waals surface area contributed by atoms with Gasteiger partial charge in [-0.15, -0.1) is 35.3 Å². The monoisotopic (exact) mass is 544 g/mol. The molecule has 2 aromatic rings. The number of benzene rings is 1. The Hall–Kier alpha value is -1.52. The summed E-state index contributed by atoms with van der Waals surface area (Å²) in [6, 6.07) is 8.52. The van der Waals surface area contributed by atoms with E-state index in [4.69, 9.17) is 9.47 Å². The van der Waals surface area contributed by atoms with Gasteiger partial charge >= 0.3 is 0 Å². The highest BCUT2D eigenvalue weighted by molar-refractivity contribution is 14.0. The van der Waals surface area contributed by atoms with Crippen molar-refractivity contribution in [3.63, 3.8) is 0 Å². The van der Waals surface area contributed by atoms with Gasteiger partial charge in [0.15, 0.2) is 17.5 Å². The van der Waals surface area contributed by atoms with Crippen molar-refractivity contribution in [2.75, 3.05) is 47.4 Å². The Bertz CT molecular complexity index is 814. The van der Waals surface area contributed by atoms with Gasteiger partial charge in [0.05, 0.1) is 14.2 Å². The summed E-state index contributed by atoms with van der Waals surface area (Å²) in [6.45, 7) is 6.91. The third-order valence-corrected chi connectivity index (χ3v) is 6.45. The summed E-state index contributed by atoms with van der Waals surface area (Å²) in [6.07, 6.45) is 1.03. The van der Waals surface area contributed by atoms with E-state index >= 15 is 0 Å². The molecule has 1 unspecified atom stereocenters. The smallest absolute Gasteiger partial charge is 0.191 e. The molecule has 2 heterocycles. The molecule has 8 heteroatoms. The molecule has 0 radical (unpaired) electrons. The molecular weight excluding hydrogens is 511 g/mol. The van der Waals surface area contributed by atoms with Crippen LogP contribution in [-0.4, -0.2) is 58.3 Å². The lowest BCUT2D eigenvalue weighted by atomic mass is 9.99. The predicted octanol–water partition coefficient (Wildman–Crippen LogP) is 3.71. The average Bonchev–Trinajstić information content (AvgIpc) is 3.29. The zero-order chi connectivity index (χ0) is 20.6. The molecule has 166 valence electrons. The molecule has 0 amide bonds. The van der Waals surface area contributed by atoms with Gasteiger partial charge in [0, 0.05) is 50.6 Å². The molecule has 1 aliphatic rings. The Balaban J connectivity index is 0.00000320. The Morgan fingerprint density at radius 1 is 1.20 bits per heavy atom. The number of ether oxygens (including phenoxy) is 2. The number of hydrogen-bond donors (Lipinski definition) is 2. The number of nitrogens with zero attached hydrogens (tertiary/aromatic N) is 2. The van der Waals surface area contributed by atoms with Crippen molar-refractivity contribution in [3.8, 4) is 11.5 Å². The topological polar surface area (TPSA) is 58.1 Å². The third kappa shape index (κ3) is 6.49. The first-order valence-corrected chi connectivity index (χ1v) is 11.0. The van der Waals surface area contributed by atoms with E-state index in [0.717, 1.165) is 56.6 Å². The number of fused-ring (bicyclic) bond motifs is 1. The first-order valence-electron chi connectivity index (χ1n) is 10.1. The van der Waals surface area contributed by atoms with Gasteiger partial charge in [-0.2, -0.15) is 0 Å². The third-order valence-electron chi connectivity index (χ3n) is 5.35. The van der Waals surface area contributed by atoms with Crippen LogP contribution in [0.4, 0.5) is 0 Å². The van der Waals surface area contributed by atoms with Crippen molar-refractivity contribution >= 4 is 41.3 Å². The number of methoxy groups -OCH3 is 2. The van der Waals surface area contributed by atoms with E-state index < -0.39 is 0 Å². The van der Waals surface area contributed by atoms with Crippen LogP contribution >= 0.6 is 35.3 Å². The van der Waals surface area contributed by atoms with E-state index in [2.05, 4.69) is 57.1 Å². The maximum absolute atomic E-state index is 5.46. The molecule has 1 atom stereocenters. The highest BCUT2D eigenvalue weighted by Crippen LogP contribution is 2.33. The largest absolute Gasteiger partial charge is 0.493 e. The molecule has 6 nitrogen and oxygen atoms in total. The van der Waals surface area contributed by atoms with E-state index in [1.165, 1.54) is 16.0 Å². The number of rotatable bonds is 8. The van der Waals surface area contributed by atoms with Crippen LogP contribution in [0.2, 0.25) is 0 Å². The van der Waals surface area contributed by atoms with Crippen LogP contribution in [0.15, 0.2) is 34.6 Å². The second-order valence-corrected chi connectivity index (χ2v) is 8.28. The van der Waals surface area contributed by atoms with Gasteiger partial charge in [0.1, 0.15) is 0 Å². The molecule has 0 saturated heterocycles. The van der Waals surface area contributed by atoms with Crippen molar-refractivity contribution in [2.24, 2.45) is 4.99 Å². The first kappa shape index (κ1) is 24.7. The van der Waals surface area contributed by atoms with Gasteiger partial charge < -0.3 is 20.1 Å². The van der Waals surface area contributed by atoms with Gasteiger partial charge in [-0.3, -0.25) is 9.89 Å². The quantitative estimate of drug-likeness (QED) is 0.302. The summed E-state index contributed by atoms with van der Waals surface area (Å²) in [5, 5.41) is 9.00. The van der Waals surface area contributed by atoms with Gasteiger partial charge in [-0.25, -0.2) is 0 Å². The lowest BCUT2D eigenvalue weighted by Crippen LogP contribution is -2.43. The molecule has 2 N–H and O–H groups in total. The van der Waals surface area contributed by atoms with Crippen molar-refractivity contribution in [1.82, 2.24) is 15.5 Å². The van der Waals surface area contributed by atoms with Crippen LogP contribution in [0, 0.1) is 0 Å². The van der Waals surface area contributed by atoms with Gasteiger partial charge in [-0.05, 0) is 41.1 Å². The number of nitrogens with one attached hydrogen (secondary N) is 2. The van der Waals surface area contributed by atoms with E-state index in [0.29, 0.717) is 5.92 Å². The number of halogens is 1. The number of thiophene rings is 1. The van der Waals surface area contributed by atoms with E-state index in [1.54, 1.807) is 25.6 Å². The highest BCUT2D eigenvalue weighted by Gasteiger charge is 2.19. The molecule has 0 saturated carbocycles. The molecule has 0 aliphatic carbocycles. The van der Waals surface area contributed by atoms with Crippen LogP contribution in [0.5, 0.6) is 11.5 Å². The predicted molar refractivity (Wildman–Crippen MR) is 136 cm³/mol. The summed E-state index contributed by atoms with van der Waals surface area (Å²) in [7, 11) is 5.20. The summed E-state index contributed by atoms with van der Waals surface area (Å²) in [4.78, 5) is 8.21. The zero-order valence-corrected chi connectivity index (χ0v) is 21.4. The maximum atomic E-state index is 5.46. The summed E-state index contributed by atoms with van der Waals surface area (Å²) >= 11 is 1.80. The van der Waals surface area contributed by atoms with Crippen LogP contribution in [0.25, 0.3) is 0 Å². The molecule has 1 aromatic carbocycles. The lowest BCUT2D eigenvalue weighted by molar-refractivity contribution is 0.256. The average molecular weight is 545 g/mol. The Kier molecular flexibility index (Phi) is 10.2. The molecule has 0 spiro atoms. The Morgan fingerprint density at radius 2 is 1.93 bits per heavy atom. The molecule has 0 bridgehead atoms. The minimum Gasteiger partial charge on any atom is -0.493 e. The summed E-state index contributed by atoms with van der Waals surface area (Å²) < 4.78 is 10.9. The lowest BCUT2D eigenvalue weighted by Gasteiger charge is -2.29. The second kappa shape index (κ2) is 12.4. The fourth-order valence-electron chi connectivity index (χ4n) is 3.61. The molecule has 1 aromatic heterocycles. The maximum Gasteiger partial charge on any atom is 0.191 e. The normalized spacial score (nSPS) is 15.0. The number of aliphatic imine (C=N–C) groups is 1. The van der Waals surface area contributed by atoms with Gasteiger partial charge in [-0.1, -0.05) is 13.0 Å². The Morgan fingerprint density at radius 3 is 2.57 bits per heavy atom. The van der Waals surface area contributed by atoms with Crippen LogP contribution in [0.1, 0.15) is 28.8 Å². The van der Waals surface area contributed by atoms with Crippen LogP contribution < -0.4 is 20.1 Å². The van der Waals surface area contributed by atoms with E-state index in [-0.39, 0.29) is 24.0 Å². The van der Waals surface area contributed by atoms with Gasteiger partial charge in [0.25, 0.3) is 0 Å². The van der Waals surface area contributed by atoms with E-state index in [9.17, 15) is 0 Å². The molecule has 3 rings (SSSR count). The zero-order valence-electron chi connectivity index (χ0n) is 18.2. The highest BCUT2D eigenvalue weighted by atomic mass is 127. The second-order valence-electron chi connectivity index (χ2n) is 7.30. The van der Waals surface area contributed by atoms with Crippen molar-refractivity contribution < 1.29 is 9.47 Å². The van der Waals surface area contributed by atoms with E-state index in [1.807, 2.05) is 7.05 Å². The standard InChI is InChI=1S/C22H32N4O2S.HI/c1-16(21-6-5-11-29-21)14-25-22(23-2)24-8-10-26-9-7-17-12-19(27-3)20(28-4)13-18(17)15-26;/h5-6,11-13,16H,7-10,14-15H2,1-4H3,(H2,23,24,25);1H. The van der Waals surface area contributed by atoms with Crippen molar-refractivity contribution in [1.29, 1.82) is 0 Å². The fraction of sp³-hybridized carbons (Fsp3) is 0.500. The Labute approximate surface area is 201 Å². The SMILES string of the molecule is CN=C(NCCN1CCc2cc(OC)c(OC)cc2C1)NCC(C)c1cccs1.I. The minimum absolute atomic E-state index is 0. The van der Waals surface area contributed by atoms with Crippen molar-refractivity contribution in [2.45, 2.75) is 25.8 Å².